The molecule has 0 radical (unpaired) electrons. The molecule has 0 spiro atoms. The van der Waals surface area contributed by atoms with E-state index in [0.717, 1.165) is 5.56 Å². The molecule has 8 nitrogen and oxygen atoms in total. The van der Waals surface area contributed by atoms with Crippen molar-refractivity contribution in [1.82, 2.24) is 25.0 Å². The fraction of sp³-hybridized carbons (Fsp3) is 0.278. The van der Waals surface area contributed by atoms with Gasteiger partial charge in [-0.3, -0.25) is 9.78 Å². The summed E-state index contributed by atoms with van der Waals surface area (Å²) < 4.78 is 5.35. The number of nitrogens with zero attached hydrogens (tertiary/aromatic N) is 6. The van der Waals surface area contributed by atoms with Gasteiger partial charge in [0, 0.05) is 51.4 Å². The van der Waals surface area contributed by atoms with Crippen molar-refractivity contribution in [2.45, 2.75) is 13.5 Å². The van der Waals surface area contributed by atoms with Crippen LogP contribution in [-0.2, 0) is 6.54 Å². The number of amides is 1. The Morgan fingerprint density at radius 1 is 1.23 bits per heavy atom. The van der Waals surface area contributed by atoms with E-state index in [-0.39, 0.29) is 5.91 Å². The highest BCUT2D eigenvalue weighted by Gasteiger charge is 2.18. The van der Waals surface area contributed by atoms with Gasteiger partial charge in [0.25, 0.3) is 5.91 Å². The SMILES string of the molecule is Cc1nc(N(C)C)ncc1C(=O)N(C)Cc1cc(-c2cccnc2)no1. The van der Waals surface area contributed by atoms with E-state index >= 15 is 0 Å². The van der Waals surface area contributed by atoms with Gasteiger partial charge in [0.05, 0.1) is 17.8 Å². The molecule has 0 N–H and O–H groups in total. The molecule has 0 aromatic carbocycles. The smallest absolute Gasteiger partial charge is 0.257 e. The maximum absolute atomic E-state index is 12.7. The number of carbonyl (C=O) groups is 1. The summed E-state index contributed by atoms with van der Waals surface area (Å²) in [5, 5.41) is 4.04. The molecule has 0 aliphatic carbocycles. The van der Waals surface area contributed by atoms with Crippen LogP contribution in [0.3, 0.4) is 0 Å². The van der Waals surface area contributed by atoms with Crippen molar-refractivity contribution < 1.29 is 9.32 Å². The van der Waals surface area contributed by atoms with Crippen molar-refractivity contribution in [3.63, 3.8) is 0 Å². The summed E-state index contributed by atoms with van der Waals surface area (Å²) >= 11 is 0. The third kappa shape index (κ3) is 3.69. The minimum absolute atomic E-state index is 0.174. The van der Waals surface area contributed by atoms with E-state index < -0.39 is 0 Å². The Bertz CT molecular complexity index is 907. The Morgan fingerprint density at radius 2 is 2.04 bits per heavy atom. The van der Waals surface area contributed by atoms with Gasteiger partial charge < -0.3 is 14.3 Å². The van der Waals surface area contributed by atoms with Gasteiger partial charge in [0.1, 0.15) is 5.69 Å². The van der Waals surface area contributed by atoms with Gasteiger partial charge in [0.2, 0.25) is 5.95 Å². The average Bonchev–Trinajstić information content (AvgIpc) is 3.10. The molecule has 0 aliphatic heterocycles. The third-order valence-corrected chi connectivity index (χ3v) is 3.85. The number of pyridine rings is 1. The predicted molar refractivity (Wildman–Crippen MR) is 96.6 cm³/mol. The van der Waals surface area contributed by atoms with Gasteiger partial charge in [-0.05, 0) is 19.1 Å². The second kappa shape index (κ2) is 7.30. The Balaban J connectivity index is 1.73. The predicted octanol–water partition coefficient (Wildman–Crippen LogP) is 2.17. The van der Waals surface area contributed by atoms with Gasteiger partial charge in [-0.2, -0.15) is 0 Å². The zero-order valence-corrected chi connectivity index (χ0v) is 15.2. The number of carbonyl (C=O) groups excluding carboxylic acids is 1. The van der Waals surface area contributed by atoms with E-state index in [0.29, 0.717) is 35.2 Å². The number of hydrogen-bond donors (Lipinski definition) is 0. The van der Waals surface area contributed by atoms with Crippen LogP contribution in [0.15, 0.2) is 41.3 Å². The fourth-order valence-corrected chi connectivity index (χ4v) is 2.43. The summed E-state index contributed by atoms with van der Waals surface area (Å²) in [6, 6.07) is 5.54. The molecule has 3 aromatic heterocycles. The van der Waals surface area contributed by atoms with E-state index in [2.05, 4.69) is 20.1 Å². The molecule has 3 heterocycles. The first-order valence-electron chi connectivity index (χ1n) is 8.08. The van der Waals surface area contributed by atoms with Crippen LogP contribution in [0.5, 0.6) is 0 Å². The molecule has 0 atom stereocenters. The molecule has 134 valence electrons. The van der Waals surface area contributed by atoms with Crippen molar-refractivity contribution in [3.8, 4) is 11.3 Å². The van der Waals surface area contributed by atoms with Gasteiger partial charge in [-0.1, -0.05) is 5.16 Å². The zero-order valence-electron chi connectivity index (χ0n) is 15.2. The van der Waals surface area contributed by atoms with Crippen LogP contribution in [0.1, 0.15) is 21.8 Å². The number of anilines is 1. The lowest BCUT2D eigenvalue weighted by Gasteiger charge is -2.17. The zero-order chi connectivity index (χ0) is 18.7. The van der Waals surface area contributed by atoms with E-state index in [4.69, 9.17) is 4.52 Å². The third-order valence-electron chi connectivity index (χ3n) is 3.85. The highest BCUT2D eigenvalue weighted by atomic mass is 16.5. The minimum Gasteiger partial charge on any atom is -0.359 e. The minimum atomic E-state index is -0.174. The van der Waals surface area contributed by atoms with Crippen molar-refractivity contribution in [3.05, 3.63) is 53.8 Å². The largest absolute Gasteiger partial charge is 0.359 e. The first kappa shape index (κ1) is 17.5. The Morgan fingerprint density at radius 3 is 2.69 bits per heavy atom. The molecule has 0 saturated heterocycles. The van der Waals surface area contributed by atoms with Gasteiger partial charge in [-0.15, -0.1) is 0 Å². The van der Waals surface area contributed by atoms with E-state index in [1.165, 1.54) is 0 Å². The molecular formula is C18H20N6O2. The summed E-state index contributed by atoms with van der Waals surface area (Å²) in [5.41, 5.74) is 2.64. The normalized spacial score (nSPS) is 10.6. The molecule has 1 amide bonds. The number of aryl methyl sites for hydroxylation is 1. The van der Waals surface area contributed by atoms with Gasteiger partial charge >= 0.3 is 0 Å². The summed E-state index contributed by atoms with van der Waals surface area (Å²) in [6.07, 6.45) is 4.96. The molecule has 26 heavy (non-hydrogen) atoms. The first-order chi connectivity index (χ1) is 12.5. The second-order valence-electron chi connectivity index (χ2n) is 6.14. The number of hydrogen-bond acceptors (Lipinski definition) is 7. The Hall–Kier alpha value is -3.29. The summed E-state index contributed by atoms with van der Waals surface area (Å²) in [6.45, 7) is 2.09. The van der Waals surface area contributed by atoms with Crippen molar-refractivity contribution in [2.24, 2.45) is 0 Å². The van der Waals surface area contributed by atoms with E-state index in [9.17, 15) is 4.79 Å². The lowest BCUT2D eigenvalue weighted by atomic mass is 10.2. The van der Waals surface area contributed by atoms with Crippen LogP contribution < -0.4 is 4.90 Å². The molecule has 3 aromatic rings. The van der Waals surface area contributed by atoms with Crippen LogP contribution in [0.25, 0.3) is 11.3 Å². The van der Waals surface area contributed by atoms with E-state index in [1.54, 1.807) is 48.4 Å². The van der Waals surface area contributed by atoms with Crippen LogP contribution in [0.2, 0.25) is 0 Å². The highest BCUT2D eigenvalue weighted by molar-refractivity contribution is 5.94. The maximum Gasteiger partial charge on any atom is 0.257 e. The van der Waals surface area contributed by atoms with Crippen LogP contribution in [0, 0.1) is 6.92 Å². The quantitative estimate of drug-likeness (QED) is 0.695. The number of rotatable bonds is 5. The molecular weight excluding hydrogens is 332 g/mol. The molecule has 8 heteroatoms. The molecule has 0 fully saturated rings. The maximum atomic E-state index is 12.7. The molecule has 3 rings (SSSR count). The fourth-order valence-electron chi connectivity index (χ4n) is 2.43. The van der Waals surface area contributed by atoms with Crippen molar-refractivity contribution in [1.29, 1.82) is 0 Å². The summed E-state index contributed by atoms with van der Waals surface area (Å²) in [4.78, 5) is 28.7. The second-order valence-corrected chi connectivity index (χ2v) is 6.14. The standard InChI is InChI=1S/C18H20N6O2/c1-12-15(10-20-18(21-12)23(2)3)17(25)24(4)11-14-8-16(22-26-14)13-6-5-7-19-9-13/h5-10H,11H2,1-4H3. The average molecular weight is 352 g/mol. The monoisotopic (exact) mass is 352 g/mol. The number of aromatic nitrogens is 4. The van der Waals surface area contributed by atoms with Crippen LogP contribution in [0.4, 0.5) is 5.95 Å². The molecule has 0 bridgehead atoms. The Kier molecular flexibility index (Phi) is 4.92. The molecule has 0 saturated carbocycles. The van der Waals surface area contributed by atoms with Crippen LogP contribution in [-0.4, -0.2) is 52.1 Å². The summed E-state index contributed by atoms with van der Waals surface area (Å²) in [5.74, 6) is 0.980. The molecule has 0 unspecified atom stereocenters. The van der Waals surface area contributed by atoms with Crippen molar-refractivity contribution >= 4 is 11.9 Å². The van der Waals surface area contributed by atoms with E-state index in [1.807, 2.05) is 26.2 Å². The van der Waals surface area contributed by atoms with Crippen molar-refractivity contribution in [2.75, 3.05) is 26.0 Å². The Labute approximate surface area is 151 Å². The van der Waals surface area contributed by atoms with Crippen LogP contribution >= 0.6 is 0 Å². The van der Waals surface area contributed by atoms with Gasteiger partial charge in [-0.25, -0.2) is 9.97 Å². The highest BCUT2D eigenvalue weighted by Crippen LogP contribution is 2.19. The topological polar surface area (TPSA) is 88.3 Å². The summed E-state index contributed by atoms with van der Waals surface area (Å²) in [7, 11) is 5.41. The lowest BCUT2D eigenvalue weighted by Crippen LogP contribution is -2.27. The lowest BCUT2D eigenvalue weighted by molar-refractivity contribution is 0.0770. The van der Waals surface area contributed by atoms with Gasteiger partial charge in [0.15, 0.2) is 5.76 Å². The first-order valence-corrected chi connectivity index (χ1v) is 8.08. The molecule has 0 aliphatic rings.